The number of sulfonamides is 1. The number of methoxy groups -OCH3 is 2. The molecule has 0 fully saturated rings. The lowest BCUT2D eigenvalue weighted by molar-refractivity contribution is -0.118. The molecule has 2 aromatic carbocycles. The number of amides is 2. The van der Waals surface area contributed by atoms with Gasteiger partial charge in [-0.2, -0.15) is 5.10 Å². The highest BCUT2D eigenvalue weighted by Crippen LogP contribution is 2.31. The maximum Gasteiger partial charge on any atom is 0.267 e. The molecule has 12 heteroatoms. The molecule has 0 spiro atoms. The van der Waals surface area contributed by atoms with Crippen LogP contribution in [-0.2, 0) is 26.2 Å². The highest BCUT2D eigenvalue weighted by atomic mass is 32.2. The number of carbonyl (C=O) groups is 2. The summed E-state index contributed by atoms with van der Waals surface area (Å²) in [6.45, 7) is 0.716. The van der Waals surface area contributed by atoms with Gasteiger partial charge in [-0.05, 0) is 48.5 Å². The second-order valence-corrected chi connectivity index (χ2v) is 8.70. The maximum absolute atomic E-state index is 12.5. The van der Waals surface area contributed by atoms with Gasteiger partial charge >= 0.3 is 0 Å². The van der Waals surface area contributed by atoms with Gasteiger partial charge in [0.1, 0.15) is 6.54 Å². The Hall–Kier alpha value is -4.19. The van der Waals surface area contributed by atoms with Crippen molar-refractivity contribution in [2.45, 2.75) is 18.4 Å². The van der Waals surface area contributed by atoms with Crippen molar-refractivity contribution in [3.63, 3.8) is 0 Å². The molecule has 0 radical (unpaired) electrons. The molecule has 3 rings (SSSR count). The Labute approximate surface area is 195 Å². The van der Waals surface area contributed by atoms with Crippen molar-refractivity contribution < 1.29 is 27.5 Å². The summed E-state index contributed by atoms with van der Waals surface area (Å²) in [6, 6.07) is 13.2. The molecule has 0 bridgehead atoms. The van der Waals surface area contributed by atoms with E-state index in [0.29, 0.717) is 28.4 Å². The maximum atomic E-state index is 12.5. The Bertz CT molecular complexity index is 1380. The van der Waals surface area contributed by atoms with Crippen LogP contribution in [0.2, 0.25) is 0 Å². The molecule has 0 aliphatic carbocycles. The number of ether oxygens (including phenoxy) is 2. The van der Waals surface area contributed by atoms with Crippen LogP contribution in [0.4, 0.5) is 5.69 Å². The van der Waals surface area contributed by atoms with E-state index in [-0.39, 0.29) is 11.4 Å². The first-order valence-electron chi connectivity index (χ1n) is 9.87. The van der Waals surface area contributed by atoms with E-state index in [4.69, 9.17) is 9.47 Å². The van der Waals surface area contributed by atoms with Crippen molar-refractivity contribution in [3.05, 3.63) is 65.0 Å². The molecule has 11 nitrogen and oxygen atoms in total. The predicted molar refractivity (Wildman–Crippen MR) is 123 cm³/mol. The molecule has 34 heavy (non-hydrogen) atoms. The Kier molecular flexibility index (Phi) is 7.31. The Morgan fingerprint density at radius 1 is 0.971 bits per heavy atom. The van der Waals surface area contributed by atoms with Gasteiger partial charge in [0.2, 0.25) is 11.8 Å². The van der Waals surface area contributed by atoms with E-state index in [1.54, 1.807) is 18.2 Å². The first-order chi connectivity index (χ1) is 16.1. The largest absolute Gasteiger partial charge is 0.493 e. The highest BCUT2D eigenvalue weighted by Gasteiger charge is 2.16. The number of hydrogen-bond acceptors (Lipinski definition) is 8. The Morgan fingerprint density at radius 2 is 1.65 bits per heavy atom. The standard InChI is InChI=1S/C22H22N4O7S/c1-14(27)25-34(30,31)17-7-5-16(6-8-17)23-21(28)13-26-22(29)11-9-18(24-26)15-4-10-19(32-2)20(12-15)33-3/h4-12H,13H2,1-3H3,(H,23,28)(H,25,27). The summed E-state index contributed by atoms with van der Waals surface area (Å²) < 4.78 is 37.4. The zero-order valence-corrected chi connectivity index (χ0v) is 19.4. The lowest BCUT2D eigenvalue weighted by Crippen LogP contribution is -2.29. The summed E-state index contributed by atoms with van der Waals surface area (Å²) in [6.07, 6.45) is 0. The first-order valence-corrected chi connectivity index (χ1v) is 11.3. The average molecular weight is 487 g/mol. The lowest BCUT2D eigenvalue weighted by atomic mass is 10.1. The third-order valence-corrected chi connectivity index (χ3v) is 6.01. The van der Waals surface area contributed by atoms with Crippen molar-refractivity contribution >= 4 is 27.5 Å². The quantitative estimate of drug-likeness (QED) is 0.486. The predicted octanol–water partition coefficient (Wildman–Crippen LogP) is 1.39. The van der Waals surface area contributed by atoms with Gasteiger partial charge in [-0.1, -0.05) is 0 Å². The average Bonchev–Trinajstić information content (AvgIpc) is 2.79. The third-order valence-electron chi connectivity index (χ3n) is 4.57. The number of nitrogens with zero attached hydrogens (tertiary/aromatic N) is 2. The van der Waals surface area contributed by atoms with Gasteiger partial charge in [-0.15, -0.1) is 0 Å². The van der Waals surface area contributed by atoms with Crippen LogP contribution in [0, 0.1) is 0 Å². The minimum Gasteiger partial charge on any atom is -0.493 e. The molecule has 0 saturated heterocycles. The van der Waals surface area contributed by atoms with Gasteiger partial charge in [0.15, 0.2) is 11.5 Å². The first kappa shape index (κ1) is 24.5. The topological polar surface area (TPSA) is 146 Å². The fourth-order valence-electron chi connectivity index (χ4n) is 3.01. The molecule has 178 valence electrons. The fraction of sp³-hybridized carbons (Fsp3) is 0.182. The lowest BCUT2D eigenvalue weighted by Gasteiger charge is -2.11. The number of aromatic nitrogens is 2. The third kappa shape index (κ3) is 5.78. The van der Waals surface area contributed by atoms with Crippen LogP contribution in [0.25, 0.3) is 11.3 Å². The van der Waals surface area contributed by atoms with E-state index in [9.17, 15) is 22.8 Å². The number of anilines is 1. The molecule has 0 saturated carbocycles. The second kappa shape index (κ2) is 10.2. The molecule has 0 unspecified atom stereocenters. The van der Waals surface area contributed by atoms with Crippen molar-refractivity contribution in [2.75, 3.05) is 19.5 Å². The van der Waals surface area contributed by atoms with Crippen LogP contribution >= 0.6 is 0 Å². The van der Waals surface area contributed by atoms with E-state index in [1.807, 2.05) is 4.72 Å². The number of hydrogen-bond donors (Lipinski definition) is 2. The highest BCUT2D eigenvalue weighted by molar-refractivity contribution is 7.90. The van der Waals surface area contributed by atoms with Gasteiger partial charge in [0.05, 0.1) is 24.8 Å². The summed E-state index contributed by atoms with van der Waals surface area (Å²) in [5.74, 6) is -0.238. The molecule has 0 aliphatic rings. The van der Waals surface area contributed by atoms with E-state index in [1.165, 1.54) is 50.6 Å². The van der Waals surface area contributed by atoms with Crippen LogP contribution < -0.4 is 25.1 Å². The molecule has 1 aromatic heterocycles. The second-order valence-electron chi connectivity index (χ2n) is 7.02. The van der Waals surface area contributed by atoms with E-state index >= 15 is 0 Å². The summed E-state index contributed by atoms with van der Waals surface area (Å²) >= 11 is 0. The minimum absolute atomic E-state index is 0.138. The SMILES string of the molecule is COc1ccc(-c2ccc(=O)n(CC(=O)Nc3ccc(S(=O)(=O)NC(C)=O)cc3)n2)cc1OC. The summed E-state index contributed by atoms with van der Waals surface area (Å²) in [5.41, 5.74) is 0.927. The molecule has 1 heterocycles. The zero-order chi connectivity index (χ0) is 24.9. The van der Waals surface area contributed by atoms with E-state index in [2.05, 4.69) is 10.4 Å². The van der Waals surface area contributed by atoms with Crippen LogP contribution in [0.1, 0.15) is 6.92 Å². The van der Waals surface area contributed by atoms with Crippen molar-refractivity contribution in [3.8, 4) is 22.8 Å². The van der Waals surface area contributed by atoms with Gasteiger partial charge in [0.25, 0.3) is 15.6 Å². The molecule has 0 atom stereocenters. The van der Waals surface area contributed by atoms with Crippen molar-refractivity contribution in [1.82, 2.24) is 14.5 Å². The number of rotatable bonds is 8. The minimum atomic E-state index is -3.98. The van der Waals surface area contributed by atoms with Crippen molar-refractivity contribution in [1.29, 1.82) is 0 Å². The summed E-state index contributed by atoms with van der Waals surface area (Å²) in [5, 5.41) is 6.83. The smallest absolute Gasteiger partial charge is 0.267 e. The van der Waals surface area contributed by atoms with Gasteiger partial charge in [-0.3, -0.25) is 14.4 Å². The van der Waals surface area contributed by atoms with Crippen LogP contribution in [-0.4, -0.2) is 44.2 Å². The van der Waals surface area contributed by atoms with E-state index in [0.717, 1.165) is 11.6 Å². The molecule has 2 amide bonds. The molecule has 3 aromatic rings. The summed E-state index contributed by atoms with van der Waals surface area (Å²) in [7, 11) is -0.964. The molecule has 0 aliphatic heterocycles. The molecule has 2 N–H and O–H groups in total. The van der Waals surface area contributed by atoms with Gasteiger partial charge in [-0.25, -0.2) is 17.8 Å². The monoisotopic (exact) mass is 486 g/mol. The zero-order valence-electron chi connectivity index (χ0n) is 18.6. The normalized spacial score (nSPS) is 10.9. The Morgan fingerprint density at radius 3 is 2.26 bits per heavy atom. The van der Waals surface area contributed by atoms with Gasteiger partial charge < -0.3 is 14.8 Å². The van der Waals surface area contributed by atoms with Crippen molar-refractivity contribution in [2.24, 2.45) is 0 Å². The fourth-order valence-corrected chi connectivity index (χ4v) is 4.00. The van der Waals surface area contributed by atoms with Crippen LogP contribution in [0.5, 0.6) is 11.5 Å². The van der Waals surface area contributed by atoms with Crippen LogP contribution in [0.15, 0.2) is 64.3 Å². The summed E-state index contributed by atoms with van der Waals surface area (Å²) in [4.78, 5) is 35.6. The Balaban J connectivity index is 1.76. The van der Waals surface area contributed by atoms with Gasteiger partial charge in [0, 0.05) is 24.2 Å². The molecular weight excluding hydrogens is 464 g/mol. The number of benzene rings is 2. The molecular formula is C22H22N4O7S. The van der Waals surface area contributed by atoms with Crippen LogP contribution in [0.3, 0.4) is 0 Å². The number of carbonyl (C=O) groups excluding carboxylic acids is 2. The number of nitrogens with one attached hydrogen (secondary N) is 2. The van der Waals surface area contributed by atoms with E-state index < -0.39 is 27.4 Å².